The van der Waals surface area contributed by atoms with Crippen LogP contribution in [0, 0.1) is 0 Å². The van der Waals surface area contributed by atoms with Crippen LogP contribution in [-0.4, -0.2) is 52.0 Å². The number of ether oxygens (including phenoxy) is 2. The molecular weight excluding hydrogens is 232 g/mol. The molecule has 0 aromatic heterocycles. The van der Waals surface area contributed by atoms with Gasteiger partial charge >= 0.3 is 0 Å². The summed E-state index contributed by atoms with van der Waals surface area (Å²) in [5.74, 6) is 0.0113. The SMILES string of the molecule is C=CCCOCCNC(C)C(=O)NCCCOC. The zero-order chi connectivity index (χ0) is 13.6. The number of rotatable bonds is 12. The van der Waals surface area contributed by atoms with Gasteiger partial charge in [-0.3, -0.25) is 4.79 Å². The molecule has 18 heavy (non-hydrogen) atoms. The molecule has 0 aromatic rings. The fourth-order valence-corrected chi connectivity index (χ4v) is 1.29. The van der Waals surface area contributed by atoms with Crippen LogP contribution in [0.1, 0.15) is 19.8 Å². The van der Waals surface area contributed by atoms with Gasteiger partial charge < -0.3 is 20.1 Å². The Balaban J connectivity index is 3.41. The zero-order valence-corrected chi connectivity index (χ0v) is 11.5. The Bertz CT molecular complexity index is 222. The van der Waals surface area contributed by atoms with Gasteiger partial charge in [0.15, 0.2) is 0 Å². The van der Waals surface area contributed by atoms with Crippen LogP contribution in [-0.2, 0) is 14.3 Å². The molecule has 0 radical (unpaired) electrons. The molecule has 0 aliphatic heterocycles. The lowest BCUT2D eigenvalue weighted by Gasteiger charge is -2.14. The van der Waals surface area contributed by atoms with Crippen molar-refractivity contribution in [1.82, 2.24) is 10.6 Å². The summed E-state index contributed by atoms with van der Waals surface area (Å²) in [7, 11) is 1.65. The van der Waals surface area contributed by atoms with E-state index < -0.39 is 0 Å². The van der Waals surface area contributed by atoms with Crippen LogP contribution in [0.3, 0.4) is 0 Å². The number of carbonyl (C=O) groups excluding carboxylic acids is 1. The summed E-state index contributed by atoms with van der Waals surface area (Å²) in [4.78, 5) is 11.6. The van der Waals surface area contributed by atoms with Crippen LogP contribution < -0.4 is 10.6 Å². The van der Waals surface area contributed by atoms with E-state index in [1.807, 2.05) is 13.0 Å². The smallest absolute Gasteiger partial charge is 0.236 e. The van der Waals surface area contributed by atoms with Gasteiger partial charge in [0.25, 0.3) is 0 Å². The molecule has 0 fully saturated rings. The first-order chi connectivity index (χ1) is 8.72. The van der Waals surface area contributed by atoms with Crippen molar-refractivity contribution in [3.05, 3.63) is 12.7 Å². The topological polar surface area (TPSA) is 59.6 Å². The normalized spacial score (nSPS) is 12.1. The first kappa shape index (κ1) is 17.1. The third kappa shape index (κ3) is 10.3. The number of hydrogen-bond donors (Lipinski definition) is 2. The van der Waals surface area contributed by atoms with Gasteiger partial charge in [-0.2, -0.15) is 0 Å². The van der Waals surface area contributed by atoms with Crippen LogP contribution in [0.25, 0.3) is 0 Å². The Hall–Kier alpha value is -0.910. The van der Waals surface area contributed by atoms with Gasteiger partial charge in [-0.05, 0) is 19.8 Å². The number of amides is 1. The molecule has 0 bridgehead atoms. The second-order valence-corrected chi connectivity index (χ2v) is 4.00. The molecule has 0 spiro atoms. The summed E-state index contributed by atoms with van der Waals surface area (Å²) in [6.07, 6.45) is 3.51. The quantitative estimate of drug-likeness (QED) is 0.400. The molecule has 1 amide bonds. The molecule has 0 aromatic carbocycles. The molecule has 0 rings (SSSR count). The fourth-order valence-electron chi connectivity index (χ4n) is 1.29. The van der Waals surface area contributed by atoms with E-state index in [1.54, 1.807) is 7.11 Å². The first-order valence-corrected chi connectivity index (χ1v) is 6.41. The van der Waals surface area contributed by atoms with Gasteiger partial charge in [0.1, 0.15) is 0 Å². The van der Waals surface area contributed by atoms with E-state index in [4.69, 9.17) is 9.47 Å². The Labute approximate surface area is 110 Å². The molecule has 0 aliphatic rings. The molecule has 5 nitrogen and oxygen atoms in total. The molecule has 0 heterocycles. The van der Waals surface area contributed by atoms with Crippen LogP contribution in [0.15, 0.2) is 12.7 Å². The van der Waals surface area contributed by atoms with Gasteiger partial charge in [0.2, 0.25) is 5.91 Å². The lowest BCUT2D eigenvalue weighted by Crippen LogP contribution is -2.43. The zero-order valence-electron chi connectivity index (χ0n) is 11.5. The Kier molecular flexibility index (Phi) is 11.9. The number of carbonyl (C=O) groups is 1. The molecule has 106 valence electrons. The van der Waals surface area contributed by atoms with Crippen molar-refractivity contribution < 1.29 is 14.3 Å². The summed E-state index contributed by atoms with van der Waals surface area (Å²) in [5.41, 5.74) is 0. The van der Waals surface area contributed by atoms with Crippen molar-refractivity contribution in [2.45, 2.75) is 25.8 Å². The third-order valence-electron chi connectivity index (χ3n) is 2.38. The highest BCUT2D eigenvalue weighted by molar-refractivity contribution is 5.81. The molecule has 1 atom stereocenters. The standard InChI is InChI=1S/C13H26N2O3/c1-4-5-10-18-11-8-14-12(2)13(16)15-7-6-9-17-3/h4,12,14H,1,5-11H2,2-3H3,(H,15,16). The minimum atomic E-state index is -0.199. The molecule has 1 unspecified atom stereocenters. The maximum Gasteiger partial charge on any atom is 0.236 e. The Morgan fingerprint density at radius 1 is 1.33 bits per heavy atom. The monoisotopic (exact) mass is 258 g/mol. The maximum atomic E-state index is 11.6. The molecule has 0 aliphatic carbocycles. The van der Waals surface area contributed by atoms with Crippen molar-refractivity contribution in [2.24, 2.45) is 0 Å². The van der Waals surface area contributed by atoms with Crippen molar-refractivity contribution in [1.29, 1.82) is 0 Å². The van der Waals surface area contributed by atoms with Crippen LogP contribution in [0.4, 0.5) is 0 Å². The summed E-state index contributed by atoms with van der Waals surface area (Å²) in [5, 5.41) is 5.95. The Morgan fingerprint density at radius 3 is 2.78 bits per heavy atom. The highest BCUT2D eigenvalue weighted by Gasteiger charge is 2.10. The molecule has 0 saturated carbocycles. The van der Waals surface area contributed by atoms with Crippen molar-refractivity contribution in [2.75, 3.05) is 40.0 Å². The molecule has 0 saturated heterocycles. The van der Waals surface area contributed by atoms with E-state index in [9.17, 15) is 4.79 Å². The Morgan fingerprint density at radius 2 is 2.11 bits per heavy atom. The van der Waals surface area contributed by atoms with Gasteiger partial charge in [-0.15, -0.1) is 6.58 Å². The summed E-state index contributed by atoms with van der Waals surface area (Å²) < 4.78 is 10.2. The van der Waals surface area contributed by atoms with E-state index in [1.165, 1.54) is 0 Å². The van der Waals surface area contributed by atoms with Gasteiger partial charge in [0.05, 0.1) is 19.3 Å². The minimum absolute atomic E-state index is 0.0113. The number of hydrogen-bond acceptors (Lipinski definition) is 4. The van der Waals surface area contributed by atoms with E-state index in [0.717, 1.165) is 12.8 Å². The van der Waals surface area contributed by atoms with E-state index in [-0.39, 0.29) is 11.9 Å². The summed E-state index contributed by atoms with van der Waals surface area (Å²) in [6, 6.07) is -0.199. The first-order valence-electron chi connectivity index (χ1n) is 6.41. The molecule has 5 heteroatoms. The average Bonchev–Trinajstić information content (AvgIpc) is 2.38. The summed E-state index contributed by atoms with van der Waals surface area (Å²) >= 11 is 0. The molecule has 2 N–H and O–H groups in total. The lowest BCUT2D eigenvalue weighted by atomic mass is 10.3. The average molecular weight is 258 g/mol. The van der Waals surface area contributed by atoms with Crippen molar-refractivity contribution in [3.8, 4) is 0 Å². The van der Waals surface area contributed by atoms with Gasteiger partial charge in [-0.1, -0.05) is 6.08 Å². The highest BCUT2D eigenvalue weighted by Crippen LogP contribution is 1.85. The van der Waals surface area contributed by atoms with E-state index in [0.29, 0.717) is 32.9 Å². The second-order valence-electron chi connectivity index (χ2n) is 4.00. The van der Waals surface area contributed by atoms with Crippen LogP contribution in [0.2, 0.25) is 0 Å². The highest BCUT2D eigenvalue weighted by atomic mass is 16.5. The third-order valence-corrected chi connectivity index (χ3v) is 2.38. The van der Waals surface area contributed by atoms with Crippen LogP contribution >= 0.6 is 0 Å². The maximum absolute atomic E-state index is 11.6. The number of nitrogens with one attached hydrogen (secondary N) is 2. The predicted molar refractivity (Wildman–Crippen MR) is 72.6 cm³/mol. The summed E-state index contributed by atoms with van der Waals surface area (Å²) in [6.45, 7) is 8.73. The van der Waals surface area contributed by atoms with Crippen LogP contribution in [0.5, 0.6) is 0 Å². The molecular formula is C13H26N2O3. The van der Waals surface area contributed by atoms with Gasteiger partial charge in [0, 0.05) is 26.8 Å². The minimum Gasteiger partial charge on any atom is -0.385 e. The van der Waals surface area contributed by atoms with E-state index >= 15 is 0 Å². The van der Waals surface area contributed by atoms with E-state index in [2.05, 4.69) is 17.2 Å². The second kappa shape index (κ2) is 12.5. The van der Waals surface area contributed by atoms with Gasteiger partial charge in [-0.25, -0.2) is 0 Å². The largest absolute Gasteiger partial charge is 0.385 e. The van der Waals surface area contributed by atoms with Crippen molar-refractivity contribution >= 4 is 5.91 Å². The number of methoxy groups -OCH3 is 1. The fraction of sp³-hybridized carbons (Fsp3) is 0.769. The lowest BCUT2D eigenvalue weighted by molar-refractivity contribution is -0.122. The van der Waals surface area contributed by atoms with Crippen molar-refractivity contribution in [3.63, 3.8) is 0 Å². The predicted octanol–water partition coefficient (Wildman–Crippen LogP) is 0.710.